The number of fused-ring (bicyclic) bond motifs is 1. The molecule has 216 valence electrons. The van der Waals surface area contributed by atoms with Gasteiger partial charge in [-0.15, -0.1) is 0 Å². The number of rotatable bonds is 6. The second kappa shape index (κ2) is 10.8. The van der Waals surface area contributed by atoms with E-state index in [1.165, 1.54) is 0 Å². The van der Waals surface area contributed by atoms with E-state index in [1.807, 2.05) is 38.7 Å². The Kier molecular flexibility index (Phi) is 7.54. The van der Waals surface area contributed by atoms with E-state index in [4.69, 9.17) is 14.5 Å². The Balaban J connectivity index is 1.40. The molecule has 0 atom stereocenters. The Labute approximate surface area is 235 Å². The summed E-state index contributed by atoms with van der Waals surface area (Å²) in [4.78, 5) is 37.8. The van der Waals surface area contributed by atoms with Gasteiger partial charge in [-0.25, -0.2) is 9.78 Å². The SMILES string of the molecule is CCCc1nn(C)c2c(=O)[nH]c(-c3cc(N4CCC5(CCN(C(=O)OC(C)(C)C)CC5)C4)ccc3OCC)nc12. The van der Waals surface area contributed by atoms with Crippen molar-refractivity contribution in [2.75, 3.05) is 37.7 Å². The quantitative estimate of drug-likeness (QED) is 0.465. The second-order valence-electron chi connectivity index (χ2n) is 12.2. The summed E-state index contributed by atoms with van der Waals surface area (Å²) in [7, 11) is 1.78. The lowest BCUT2D eigenvalue weighted by Gasteiger charge is -2.39. The first kappa shape index (κ1) is 28.0. The number of aromatic amines is 1. The molecule has 1 amide bonds. The number of carbonyl (C=O) groups excluding carboxylic acids is 1. The van der Waals surface area contributed by atoms with E-state index in [1.54, 1.807) is 11.7 Å². The van der Waals surface area contributed by atoms with Crippen LogP contribution in [0.15, 0.2) is 23.0 Å². The fraction of sp³-hybridized carbons (Fsp3) is 0.600. The van der Waals surface area contributed by atoms with Crippen molar-refractivity contribution in [3.63, 3.8) is 0 Å². The molecule has 1 aromatic carbocycles. The molecule has 2 aliphatic rings. The number of H-pyrrole nitrogens is 1. The first-order valence-electron chi connectivity index (χ1n) is 14.5. The maximum atomic E-state index is 13.1. The molecule has 1 N–H and O–H groups in total. The minimum atomic E-state index is -0.486. The zero-order valence-corrected chi connectivity index (χ0v) is 24.7. The summed E-state index contributed by atoms with van der Waals surface area (Å²) in [5, 5.41) is 4.56. The average Bonchev–Trinajstić information content (AvgIpc) is 3.45. The van der Waals surface area contributed by atoms with Gasteiger partial charge in [-0.3, -0.25) is 9.48 Å². The predicted octanol–water partition coefficient (Wildman–Crippen LogP) is 4.90. The first-order chi connectivity index (χ1) is 19.0. The number of aromatic nitrogens is 4. The number of ether oxygens (including phenoxy) is 2. The average molecular weight is 551 g/mol. The number of nitrogens with zero attached hydrogens (tertiary/aromatic N) is 5. The highest BCUT2D eigenvalue weighted by molar-refractivity contribution is 5.80. The van der Waals surface area contributed by atoms with Crippen molar-refractivity contribution in [1.29, 1.82) is 0 Å². The Morgan fingerprint density at radius 3 is 2.52 bits per heavy atom. The van der Waals surface area contributed by atoms with Crippen molar-refractivity contribution >= 4 is 22.8 Å². The highest BCUT2D eigenvalue weighted by atomic mass is 16.6. The highest BCUT2D eigenvalue weighted by Crippen LogP contribution is 2.43. The number of amides is 1. The number of hydrogen-bond acceptors (Lipinski definition) is 7. The van der Waals surface area contributed by atoms with Crippen molar-refractivity contribution in [3.8, 4) is 17.1 Å². The molecule has 2 aliphatic heterocycles. The van der Waals surface area contributed by atoms with Crippen molar-refractivity contribution in [3.05, 3.63) is 34.2 Å². The van der Waals surface area contributed by atoms with Gasteiger partial charge in [0.25, 0.3) is 5.56 Å². The third kappa shape index (κ3) is 5.53. The molecule has 2 saturated heterocycles. The van der Waals surface area contributed by atoms with Gasteiger partial charge in [-0.2, -0.15) is 5.10 Å². The minimum absolute atomic E-state index is 0.174. The number of hydrogen-bond donors (Lipinski definition) is 1. The summed E-state index contributed by atoms with van der Waals surface area (Å²) in [5.74, 6) is 1.18. The van der Waals surface area contributed by atoms with Crippen LogP contribution in [0, 0.1) is 5.41 Å². The second-order valence-corrected chi connectivity index (χ2v) is 12.2. The van der Waals surface area contributed by atoms with E-state index in [9.17, 15) is 9.59 Å². The standard InChI is InChI=1S/C30H42N6O4/c1-7-9-22-24-25(34(6)33-22)27(37)32-26(31-24)21-18-20(10-11-23(21)39-8-2)36-17-14-30(19-36)12-15-35(16-13-30)28(38)40-29(3,4)5/h10-11,18H,7-9,12-17,19H2,1-6H3,(H,31,32,37). The smallest absolute Gasteiger partial charge is 0.410 e. The van der Waals surface area contributed by atoms with Crippen molar-refractivity contribution in [2.24, 2.45) is 12.5 Å². The lowest BCUT2D eigenvalue weighted by Crippen LogP contribution is -2.46. The van der Waals surface area contributed by atoms with Crippen LogP contribution in [0.1, 0.15) is 66.0 Å². The number of nitrogens with one attached hydrogen (secondary N) is 1. The van der Waals surface area contributed by atoms with Crippen LogP contribution in [0.3, 0.4) is 0 Å². The van der Waals surface area contributed by atoms with Crippen LogP contribution in [-0.2, 0) is 18.2 Å². The largest absolute Gasteiger partial charge is 0.493 e. The van der Waals surface area contributed by atoms with Crippen LogP contribution < -0.4 is 15.2 Å². The van der Waals surface area contributed by atoms with Gasteiger partial charge in [-0.05, 0) is 77.0 Å². The van der Waals surface area contributed by atoms with Gasteiger partial charge in [0.1, 0.15) is 22.7 Å². The molecule has 0 aliphatic carbocycles. The molecule has 0 saturated carbocycles. The molecule has 1 spiro atoms. The molecule has 2 fully saturated rings. The van der Waals surface area contributed by atoms with Gasteiger partial charge in [0.05, 0.1) is 17.9 Å². The summed E-state index contributed by atoms with van der Waals surface area (Å²) >= 11 is 0. The molecule has 40 heavy (non-hydrogen) atoms. The zero-order valence-electron chi connectivity index (χ0n) is 24.7. The zero-order chi connectivity index (χ0) is 28.7. The molecular weight excluding hydrogens is 508 g/mol. The first-order valence-corrected chi connectivity index (χ1v) is 14.5. The Bertz CT molecular complexity index is 1440. The number of aryl methyl sites for hydroxylation is 2. The fourth-order valence-corrected chi connectivity index (χ4v) is 6.01. The van der Waals surface area contributed by atoms with Gasteiger partial charge in [0, 0.05) is 38.9 Å². The maximum absolute atomic E-state index is 13.1. The highest BCUT2D eigenvalue weighted by Gasteiger charge is 2.42. The Hall–Kier alpha value is -3.56. The monoisotopic (exact) mass is 550 g/mol. The molecule has 0 bridgehead atoms. The number of likely N-dealkylation sites (tertiary alicyclic amines) is 1. The van der Waals surface area contributed by atoms with E-state index < -0.39 is 5.60 Å². The molecule has 10 nitrogen and oxygen atoms in total. The molecule has 4 heterocycles. The van der Waals surface area contributed by atoms with Crippen molar-refractivity contribution in [2.45, 2.75) is 72.3 Å². The van der Waals surface area contributed by atoms with E-state index in [2.05, 4.69) is 34.0 Å². The van der Waals surface area contributed by atoms with E-state index in [-0.39, 0.29) is 17.1 Å². The lowest BCUT2D eigenvalue weighted by molar-refractivity contribution is 0.0122. The molecule has 3 aromatic rings. The minimum Gasteiger partial charge on any atom is -0.493 e. The third-order valence-corrected chi connectivity index (χ3v) is 8.05. The maximum Gasteiger partial charge on any atom is 0.410 e. The van der Waals surface area contributed by atoms with Gasteiger partial charge in [-0.1, -0.05) is 13.3 Å². The van der Waals surface area contributed by atoms with Crippen LogP contribution in [0.4, 0.5) is 10.5 Å². The van der Waals surface area contributed by atoms with Crippen LogP contribution >= 0.6 is 0 Å². The predicted molar refractivity (Wildman–Crippen MR) is 156 cm³/mol. The normalized spacial score (nSPS) is 17.1. The summed E-state index contributed by atoms with van der Waals surface area (Å²) in [6.45, 7) is 13.6. The van der Waals surface area contributed by atoms with Crippen LogP contribution in [-0.4, -0.2) is 69.1 Å². The van der Waals surface area contributed by atoms with Crippen LogP contribution in [0.25, 0.3) is 22.4 Å². The summed E-state index contributed by atoms with van der Waals surface area (Å²) in [5.41, 5.74) is 3.29. The van der Waals surface area contributed by atoms with E-state index in [0.717, 1.165) is 62.1 Å². The molecule has 0 unspecified atom stereocenters. The van der Waals surface area contributed by atoms with Gasteiger partial charge in [0.2, 0.25) is 0 Å². The van der Waals surface area contributed by atoms with Gasteiger partial charge in [0.15, 0.2) is 5.52 Å². The van der Waals surface area contributed by atoms with E-state index in [0.29, 0.717) is 42.3 Å². The Morgan fingerprint density at radius 1 is 1.12 bits per heavy atom. The fourth-order valence-electron chi connectivity index (χ4n) is 6.01. The molecule has 0 radical (unpaired) electrons. The molecule has 2 aromatic heterocycles. The molecule has 5 rings (SSSR count). The molecular formula is C30H42N6O4. The number of anilines is 1. The summed E-state index contributed by atoms with van der Waals surface area (Å²) in [6, 6.07) is 6.15. The van der Waals surface area contributed by atoms with Crippen molar-refractivity contribution in [1.82, 2.24) is 24.6 Å². The Morgan fingerprint density at radius 2 is 1.85 bits per heavy atom. The lowest BCUT2D eigenvalue weighted by atomic mass is 9.78. The third-order valence-electron chi connectivity index (χ3n) is 8.05. The van der Waals surface area contributed by atoms with Crippen LogP contribution in [0.2, 0.25) is 0 Å². The van der Waals surface area contributed by atoms with Crippen LogP contribution in [0.5, 0.6) is 5.75 Å². The van der Waals surface area contributed by atoms with Gasteiger partial charge < -0.3 is 24.3 Å². The number of benzene rings is 1. The topological polar surface area (TPSA) is 106 Å². The number of carbonyl (C=O) groups is 1. The summed E-state index contributed by atoms with van der Waals surface area (Å²) < 4.78 is 13.2. The van der Waals surface area contributed by atoms with E-state index >= 15 is 0 Å². The molecule has 10 heteroatoms. The summed E-state index contributed by atoms with van der Waals surface area (Å²) in [6.07, 6.45) is 4.45. The van der Waals surface area contributed by atoms with Gasteiger partial charge >= 0.3 is 6.09 Å². The van der Waals surface area contributed by atoms with Crippen molar-refractivity contribution < 1.29 is 14.3 Å². The number of piperidine rings is 1.